The summed E-state index contributed by atoms with van der Waals surface area (Å²) in [7, 11) is 0. The summed E-state index contributed by atoms with van der Waals surface area (Å²) in [6, 6.07) is -0.145. The largest absolute Gasteiger partial charge is 0.412 e. The summed E-state index contributed by atoms with van der Waals surface area (Å²) >= 11 is 12.8. The van der Waals surface area contributed by atoms with Gasteiger partial charge in [-0.05, 0) is 86.0 Å². The van der Waals surface area contributed by atoms with Crippen LogP contribution in [0.5, 0.6) is 0 Å². The number of alkyl halides is 2. The Bertz CT molecular complexity index is 811. The van der Waals surface area contributed by atoms with E-state index >= 15 is 0 Å². The van der Waals surface area contributed by atoms with Crippen LogP contribution in [0.2, 0.25) is 0 Å². The van der Waals surface area contributed by atoms with Crippen molar-refractivity contribution in [1.29, 1.82) is 0 Å². The van der Waals surface area contributed by atoms with E-state index in [0.29, 0.717) is 28.5 Å². The molecule has 1 amide bonds. The molecule has 4 rings (SSSR count). The Kier molecular flexibility index (Phi) is 15.0. The van der Waals surface area contributed by atoms with Gasteiger partial charge in [-0.25, -0.2) is 0 Å². The third-order valence-corrected chi connectivity index (χ3v) is 10.3. The summed E-state index contributed by atoms with van der Waals surface area (Å²) < 4.78 is 0. The van der Waals surface area contributed by atoms with Crippen molar-refractivity contribution in [2.75, 3.05) is 26.2 Å². The maximum atomic E-state index is 13.8. The summed E-state index contributed by atoms with van der Waals surface area (Å²) in [6.07, 6.45) is 15.0. The average molecular weight is 591 g/mol. The molecule has 2 aliphatic carbocycles. The smallest absolute Gasteiger partial charge is 0.239 e. The number of hydrogen-bond acceptors (Lipinski definition) is 3. The lowest BCUT2D eigenvalue weighted by atomic mass is 9.64. The standard InChI is InChI=1S/C30H49Cl2N3O.CH4.2H2O/c1-20(2)28(34-17-21-14-24(18-33-16-21)23-6-5-7-26(32)15-23)29(36)35-13-12-27(30(3,4)19-35)22-8-10-25(31)11-9-22;;;/h14,18,20-23,25-28,34H,5-13,15-17,19H2,1-4H3;1H4;2*1H2/t21?,22?,23?,25?,26?,27-,28-;;;/m1.../s1. The maximum Gasteiger partial charge on any atom is 0.239 e. The molecule has 2 aliphatic heterocycles. The minimum Gasteiger partial charge on any atom is -0.412 e. The Morgan fingerprint density at radius 2 is 1.77 bits per heavy atom. The van der Waals surface area contributed by atoms with E-state index in [1.165, 1.54) is 31.3 Å². The fourth-order valence-electron chi connectivity index (χ4n) is 7.46. The average Bonchev–Trinajstić information content (AvgIpc) is 2.84. The van der Waals surface area contributed by atoms with E-state index in [1.807, 2.05) is 0 Å². The first-order chi connectivity index (χ1) is 17.1. The monoisotopic (exact) mass is 589 g/mol. The molecule has 5 N–H and O–H groups in total. The van der Waals surface area contributed by atoms with Gasteiger partial charge >= 0.3 is 0 Å². The van der Waals surface area contributed by atoms with Gasteiger partial charge in [0.1, 0.15) is 0 Å². The Morgan fingerprint density at radius 1 is 1.08 bits per heavy atom. The van der Waals surface area contributed by atoms with Gasteiger partial charge in [-0.1, -0.05) is 47.6 Å². The fraction of sp³-hybridized carbons (Fsp3) is 0.871. The van der Waals surface area contributed by atoms with E-state index in [0.717, 1.165) is 64.2 Å². The Labute approximate surface area is 248 Å². The molecule has 39 heavy (non-hydrogen) atoms. The highest BCUT2D eigenvalue weighted by Gasteiger charge is 2.43. The SMILES string of the molecule is C.CC(C)[C@@H](NCC1C=C(C2CCCC(Cl)C2)C=NC1)C(=O)N1CC[C@H](C2CCC(Cl)CC2)C(C)(C)C1.O.O. The second kappa shape index (κ2) is 16.1. The minimum atomic E-state index is -0.145. The van der Waals surface area contributed by atoms with E-state index in [-0.39, 0.29) is 41.7 Å². The molecule has 0 bridgehead atoms. The van der Waals surface area contributed by atoms with Crippen molar-refractivity contribution < 1.29 is 15.7 Å². The molecule has 6 nitrogen and oxygen atoms in total. The Hall–Kier alpha value is -0.660. The quantitative estimate of drug-likeness (QED) is 0.385. The van der Waals surface area contributed by atoms with Crippen molar-refractivity contribution in [3.63, 3.8) is 0 Å². The molecular weight excluding hydrogens is 533 g/mol. The first-order valence-electron chi connectivity index (χ1n) is 14.7. The van der Waals surface area contributed by atoms with Crippen LogP contribution >= 0.6 is 23.2 Å². The van der Waals surface area contributed by atoms with E-state index < -0.39 is 0 Å². The van der Waals surface area contributed by atoms with Gasteiger partial charge in [0, 0.05) is 49.1 Å². The van der Waals surface area contributed by atoms with Crippen molar-refractivity contribution in [1.82, 2.24) is 10.2 Å². The first kappa shape index (κ1) is 36.4. The number of nitrogens with zero attached hydrogens (tertiary/aromatic N) is 2. The van der Waals surface area contributed by atoms with Gasteiger partial charge in [0.25, 0.3) is 0 Å². The highest BCUT2D eigenvalue weighted by Crippen LogP contribution is 2.45. The number of nitrogens with one attached hydrogen (secondary N) is 1. The molecule has 2 heterocycles. The lowest BCUT2D eigenvalue weighted by Gasteiger charge is -2.49. The molecule has 0 spiro atoms. The molecular formula is C31H57Cl2N3O3. The predicted molar refractivity (Wildman–Crippen MR) is 167 cm³/mol. The number of rotatable bonds is 7. The Morgan fingerprint density at radius 3 is 2.38 bits per heavy atom. The van der Waals surface area contributed by atoms with Crippen LogP contribution in [0.1, 0.15) is 92.9 Å². The van der Waals surface area contributed by atoms with Crippen LogP contribution < -0.4 is 5.32 Å². The van der Waals surface area contributed by atoms with Gasteiger partial charge < -0.3 is 21.2 Å². The summed E-state index contributed by atoms with van der Waals surface area (Å²) in [6.45, 7) is 12.4. The van der Waals surface area contributed by atoms with Crippen LogP contribution in [0.15, 0.2) is 16.6 Å². The number of halogens is 2. The van der Waals surface area contributed by atoms with Gasteiger partial charge in [-0.15, -0.1) is 23.2 Å². The Balaban J connectivity index is 0.00000253. The summed E-state index contributed by atoms with van der Waals surface area (Å²) in [5.41, 5.74) is 1.51. The van der Waals surface area contributed by atoms with Crippen molar-refractivity contribution >= 4 is 35.3 Å². The van der Waals surface area contributed by atoms with Crippen LogP contribution in [-0.4, -0.2) is 70.9 Å². The number of amides is 1. The number of aliphatic imine (C=N–C) groups is 1. The maximum absolute atomic E-state index is 13.8. The van der Waals surface area contributed by atoms with Crippen molar-refractivity contribution in [2.45, 2.75) is 110 Å². The zero-order valence-corrected chi connectivity index (χ0v) is 25.5. The molecule has 8 heteroatoms. The molecule has 1 saturated heterocycles. The number of piperidine rings is 1. The van der Waals surface area contributed by atoms with E-state index in [4.69, 9.17) is 28.2 Å². The molecule has 5 atom stereocenters. The lowest BCUT2D eigenvalue weighted by Crippen LogP contribution is -2.56. The van der Waals surface area contributed by atoms with Gasteiger partial charge in [-0.3, -0.25) is 9.79 Å². The van der Waals surface area contributed by atoms with Crippen LogP contribution in [0.3, 0.4) is 0 Å². The van der Waals surface area contributed by atoms with Crippen LogP contribution in [-0.2, 0) is 4.79 Å². The summed E-state index contributed by atoms with van der Waals surface area (Å²) in [5, 5.41) is 4.33. The molecule has 0 aromatic carbocycles. The van der Waals surface area contributed by atoms with Gasteiger partial charge in [0.2, 0.25) is 5.91 Å². The van der Waals surface area contributed by atoms with Crippen molar-refractivity contribution in [3.05, 3.63) is 11.6 Å². The van der Waals surface area contributed by atoms with E-state index in [2.05, 4.69) is 50.2 Å². The zero-order valence-electron chi connectivity index (χ0n) is 24.0. The molecule has 0 radical (unpaired) electrons. The van der Waals surface area contributed by atoms with E-state index in [9.17, 15) is 4.79 Å². The molecule has 3 fully saturated rings. The molecule has 0 aromatic rings. The summed E-state index contributed by atoms with van der Waals surface area (Å²) in [5.74, 6) is 2.86. The molecule has 228 valence electrons. The van der Waals surface area contributed by atoms with Crippen LogP contribution in [0.25, 0.3) is 0 Å². The highest BCUT2D eigenvalue weighted by atomic mass is 35.5. The molecule has 3 unspecified atom stereocenters. The second-order valence-corrected chi connectivity index (χ2v) is 14.4. The lowest BCUT2D eigenvalue weighted by molar-refractivity contribution is -0.140. The van der Waals surface area contributed by atoms with E-state index in [1.54, 1.807) is 0 Å². The van der Waals surface area contributed by atoms with Crippen molar-refractivity contribution in [3.8, 4) is 0 Å². The second-order valence-electron chi connectivity index (χ2n) is 13.2. The number of carbonyl (C=O) groups excluding carboxylic acids is 1. The highest BCUT2D eigenvalue weighted by molar-refractivity contribution is 6.20. The predicted octanol–water partition coefficient (Wildman–Crippen LogP) is 5.68. The number of carbonyl (C=O) groups is 1. The minimum absolute atomic E-state index is 0. The van der Waals surface area contributed by atoms with Gasteiger partial charge in [0.15, 0.2) is 0 Å². The van der Waals surface area contributed by atoms with Crippen molar-refractivity contribution in [2.24, 2.45) is 40.0 Å². The first-order valence-corrected chi connectivity index (χ1v) is 15.5. The van der Waals surface area contributed by atoms with Gasteiger partial charge in [-0.2, -0.15) is 0 Å². The zero-order chi connectivity index (χ0) is 25.9. The number of allylic oxidation sites excluding steroid dienone is 1. The topological polar surface area (TPSA) is 108 Å². The van der Waals surface area contributed by atoms with Crippen LogP contribution in [0.4, 0.5) is 0 Å². The third-order valence-electron chi connectivity index (χ3n) is 9.52. The normalized spacial score (nSPS) is 33.2. The third kappa shape index (κ3) is 9.43. The number of likely N-dealkylation sites (tertiary alicyclic amines) is 1. The van der Waals surface area contributed by atoms with Gasteiger partial charge in [0.05, 0.1) is 6.04 Å². The molecule has 2 saturated carbocycles. The fourth-order valence-corrected chi connectivity index (χ4v) is 8.08. The van der Waals surface area contributed by atoms with Crippen LogP contribution in [0, 0.1) is 35.0 Å². The molecule has 4 aliphatic rings. The number of hydrogen-bond donors (Lipinski definition) is 1. The number of dihydropyridines is 1. The molecule has 0 aromatic heterocycles. The summed E-state index contributed by atoms with van der Waals surface area (Å²) in [4.78, 5) is 20.6.